The van der Waals surface area contributed by atoms with Crippen molar-refractivity contribution in [2.75, 3.05) is 0 Å². The van der Waals surface area contributed by atoms with Crippen LogP contribution in [-0.2, 0) is 0 Å². The normalized spacial score (nSPS) is 12.6. The first kappa shape index (κ1) is 16.0. The summed E-state index contributed by atoms with van der Waals surface area (Å²) >= 11 is 6.09. The van der Waals surface area contributed by atoms with Crippen LogP contribution in [0.25, 0.3) is 0 Å². The fourth-order valence-electron chi connectivity index (χ4n) is 2.86. The first-order valence-electron chi connectivity index (χ1n) is 6.96. The molecule has 1 atom stereocenters. The summed E-state index contributed by atoms with van der Waals surface area (Å²) in [5.74, 6) is -0.482. The van der Waals surface area contributed by atoms with Gasteiger partial charge in [-0.1, -0.05) is 17.7 Å². The Hall–Kier alpha value is -1.38. The summed E-state index contributed by atoms with van der Waals surface area (Å²) in [6, 6.07) is 4.46. The van der Waals surface area contributed by atoms with Gasteiger partial charge >= 0.3 is 0 Å². The van der Waals surface area contributed by atoms with Crippen molar-refractivity contribution in [3.8, 4) is 0 Å². The van der Waals surface area contributed by atoms with E-state index >= 15 is 0 Å². The van der Waals surface area contributed by atoms with E-state index in [9.17, 15) is 9.50 Å². The Morgan fingerprint density at radius 1 is 0.857 bits per heavy atom. The van der Waals surface area contributed by atoms with Gasteiger partial charge in [0.05, 0.1) is 0 Å². The second-order valence-electron chi connectivity index (χ2n) is 5.58. The van der Waals surface area contributed by atoms with Gasteiger partial charge < -0.3 is 5.11 Å². The lowest BCUT2D eigenvalue weighted by Gasteiger charge is -2.23. The molecule has 0 aromatic heterocycles. The number of halogens is 2. The number of aliphatic hydroxyl groups excluding tert-OH is 1. The van der Waals surface area contributed by atoms with Crippen molar-refractivity contribution in [1.82, 2.24) is 0 Å². The Bertz CT molecular complexity index is 658. The number of rotatable bonds is 2. The highest BCUT2D eigenvalue weighted by atomic mass is 35.5. The van der Waals surface area contributed by atoms with Crippen LogP contribution in [0.3, 0.4) is 0 Å². The molecule has 0 heterocycles. The molecule has 0 spiro atoms. The summed E-state index contributed by atoms with van der Waals surface area (Å²) < 4.78 is 14.1. The van der Waals surface area contributed by atoms with Crippen LogP contribution in [0.4, 0.5) is 4.39 Å². The smallest absolute Gasteiger partial charge is 0.130 e. The fourth-order valence-corrected chi connectivity index (χ4v) is 3.12. The highest BCUT2D eigenvalue weighted by Crippen LogP contribution is 2.37. The maximum absolute atomic E-state index is 14.1. The zero-order valence-corrected chi connectivity index (χ0v) is 13.8. The highest BCUT2D eigenvalue weighted by Gasteiger charge is 2.24. The van der Waals surface area contributed by atoms with Gasteiger partial charge in [0.15, 0.2) is 0 Å². The fraction of sp³-hybridized carbons (Fsp3) is 0.333. The molecule has 21 heavy (non-hydrogen) atoms. The quantitative estimate of drug-likeness (QED) is 0.818. The van der Waals surface area contributed by atoms with Gasteiger partial charge in [-0.3, -0.25) is 0 Å². The molecule has 2 aromatic rings. The largest absolute Gasteiger partial charge is 0.383 e. The molecule has 0 saturated heterocycles. The molecule has 1 nitrogen and oxygen atoms in total. The van der Waals surface area contributed by atoms with Crippen molar-refractivity contribution in [3.05, 3.63) is 68.0 Å². The van der Waals surface area contributed by atoms with E-state index in [2.05, 4.69) is 6.92 Å². The molecule has 0 aliphatic carbocycles. The Morgan fingerprint density at radius 3 is 1.81 bits per heavy atom. The standard InChI is InChI=1S/C18H20ClFO/c1-9-10(2)12(4)16(13(5)11(9)3)18(21)17-14(19)7-6-8-15(17)20/h6-8,18,21H,1-5H3. The van der Waals surface area contributed by atoms with E-state index in [-0.39, 0.29) is 10.6 Å². The monoisotopic (exact) mass is 306 g/mol. The van der Waals surface area contributed by atoms with Gasteiger partial charge in [0, 0.05) is 10.6 Å². The minimum Gasteiger partial charge on any atom is -0.383 e. The average Bonchev–Trinajstić information content (AvgIpc) is 2.43. The van der Waals surface area contributed by atoms with Crippen LogP contribution in [0.15, 0.2) is 18.2 Å². The highest BCUT2D eigenvalue weighted by molar-refractivity contribution is 6.31. The second kappa shape index (κ2) is 5.78. The summed E-state index contributed by atoms with van der Waals surface area (Å²) in [6.45, 7) is 10.0. The number of benzene rings is 2. The Kier molecular flexibility index (Phi) is 4.40. The van der Waals surface area contributed by atoms with Crippen molar-refractivity contribution < 1.29 is 9.50 Å². The molecule has 0 radical (unpaired) electrons. The van der Waals surface area contributed by atoms with E-state index in [0.29, 0.717) is 0 Å². The van der Waals surface area contributed by atoms with Crippen molar-refractivity contribution in [2.45, 2.75) is 40.7 Å². The van der Waals surface area contributed by atoms with Crippen LogP contribution in [-0.4, -0.2) is 5.11 Å². The summed E-state index contributed by atoms with van der Waals surface area (Å²) in [4.78, 5) is 0. The number of aliphatic hydroxyl groups is 1. The molecule has 1 N–H and O–H groups in total. The molecular formula is C18H20ClFO. The van der Waals surface area contributed by atoms with Gasteiger partial charge in [-0.25, -0.2) is 4.39 Å². The Morgan fingerprint density at radius 2 is 1.33 bits per heavy atom. The van der Waals surface area contributed by atoms with E-state index in [4.69, 9.17) is 11.6 Å². The van der Waals surface area contributed by atoms with Crippen LogP contribution in [0.1, 0.15) is 45.0 Å². The van der Waals surface area contributed by atoms with Gasteiger partial charge in [-0.05, 0) is 80.1 Å². The van der Waals surface area contributed by atoms with Crippen LogP contribution in [0.5, 0.6) is 0 Å². The minimum atomic E-state index is -1.06. The third-order valence-corrected chi connectivity index (χ3v) is 4.93. The summed E-state index contributed by atoms with van der Waals surface area (Å²) in [5, 5.41) is 11.0. The summed E-state index contributed by atoms with van der Waals surface area (Å²) in [6.07, 6.45) is -1.06. The van der Waals surface area contributed by atoms with E-state index in [1.807, 2.05) is 27.7 Å². The predicted octanol–water partition coefficient (Wildman–Crippen LogP) is 5.10. The van der Waals surface area contributed by atoms with Crippen molar-refractivity contribution in [2.24, 2.45) is 0 Å². The maximum atomic E-state index is 14.1. The lowest BCUT2D eigenvalue weighted by Crippen LogP contribution is -2.11. The van der Waals surface area contributed by atoms with Gasteiger partial charge in [0.1, 0.15) is 11.9 Å². The van der Waals surface area contributed by atoms with Crippen molar-refractivity contribution in [1.29, 1.82) is 0 Å². The van der Waals surface area contributed by atoms with E-state index < -0.39 is 11.9 Å². The molecule has 1 unspecified atom stereocenters. The minimum absolute atomic E-state index is 0.146. The van der Waals surface area contributed by atoms with Crippen LogP contribution >= 0.6 is 11.6 Å². The zero-order valence-electron chi connectivity index (χ0n) is 13.0. The molecule has 112 valence electrons. The molecule has 2 rings (SSSR count). The van der Waals surface area contributed by atoms with Crippen LogP contribution in [0, 0.1) is 40.4 Å². The summed E-state index contributed by atoms with van der Waals surface area (Å²) in [7, 11) is 0. The first-order chi connectivity index (χ1) is 9.77. The molecule has 2 aromatic carbocycles. The van der Waals surface area contributed by atoms with E-state index in [1.165, 1.54) is 11.6 Å². The lowest BCUT2D eigenvalue weighted by molar-refractivity contribution is 0.213. The van der Waals surface area contributed by atoms with Gasteiger partial charge in [0.25, 0.3) is 0 Å². The molecule has 0 fully saturated rings. The lowest BCUT2D eigenvalue weighted by atomic mass is 9.85. The molecule has 3 heteroatoms. The van der Waals surface area contributed by atoms with E-state index in [0.717, 1.165) is 27.8 Å². The number of hydrogen-bond donors (Lipinski definition) is 1. The molecule has 0 saturated carbocycles. The Labute approximate surface area is 130 Å². The topological polar surface area (TPSA) is 20.2 Å². The molecule has 0 aliphatic heterocycles. The second-order valence-corrected chi connectivity index (χ2v) is 5.98. The summed E-state index contributed by atoms with van der Waals surface area (Å²) in [5.41, 5.74) is 6.33. The number of hydrogen-bond acceptors (Lipinski definition) is 1. The zero-order chi connectivity index (χ0) is 15.9. The maximum Gasteiger partial charge on any atom is 0.130 e. The Balaban J connectivity index is 2.73. The van der Waals surface area contributed by atoms with Crippen LogP contribution < -0.4 is 0 Å². The molecule has 0 amide bonds. The SMILES string of the molecule is Cc1c(C)c(C)c(C(O)c2c(F)cccc2Cl)c(C)c1C. The van der Waals surface area contributed by atoms with E-state index in [1.54, 1.807) is 12.1 Å². The third-order valence-electron chi connectivity index (χ3n) is 4.60. The van der Waals surface area contributed by atoms with Crippen molar-refractivity contribution in [3.63, 3.8) is 0 Å². The van der Waals surface area contributed by atoms with Crippen LogP contribution in [0.2, 0.25) is 5.02 Å². The molecule has 0 aliphatic rings. The van der Waals surface area contributed by atoms with Crippen molar-refractivity contribution >= 4 is 11.6 Å². The molecular weight excluding hydrogens is 287 g/mol. The first-order valence-corrected chi connectivity index (χ1v) is 7.34. The van der Waals surface area contributed by atoms with Gasteiger partial charge in [0.2, 0.25) is 0 Å². The molecule has 0 bridgehead atoms. The van der Waals surface area contributed by atoms with Gasteiger partial charge in [-0.15, -0.1) is 0 Å². The average molecular weight is 307 g/mol. The van der Waals surface area contributed by atoms with Gasteiger partial charge in [-0.2, -0.15) is 0 Å². The third kappa shape index (κ3) is 2.58. The predicted molar refractivity (Wildman–Crippen MR) is 85.6 cm³/mol.